The van der Waals surface area contributed by atoms with E-state index < -0.39 is 0 Å². The van der Waals surface area contributed by atoms with Gasteiger partial charge in [-0.1, -0.05) is 18.2 Å². The zero-order chi connectivity index (χ0) is 21.7. The number of rotatable bonds is 2. The lowest BCUT2D eigenvalue weighted by atomic mass is 9.96. The van der Waals surface area contributed by atoms with E-state index in [4.69, 9.17) is 9.97 Å². The van der Waals surface area contributed by atoms with E-state index in [9.17, 15) is 0 Å². The molecule has 0 amide bonds. The van der Waals surface area contributed by atoms with Crippen LogP contribution in [0.25, 0.3) is 38.1 Å². The van der Waals surface area contributed by atoms with Crippen molar-refractivity contribution in [3.05, 3.63) is 88.8 Å². The van der Waals surface area contributed by atoms with Crippen molar-refractivity contribution < 1.29 is 0 Å². The predicted octanol–water partition coefficient (Wildman–Crippen LogP) is 5.53. The molecule has 6 rings (SSSR count). The van der Waals surface area contributed by atoms with Crippen LogP contribution in [-0.2, 0) is 6.54 Å². The predicted molar refractivity (Wildman–Crippen MR) is 131 cm³/mol. The molecule has 0 saturated heterocycles. The van der Waals surface area contributed by atoms with Crippen molar-refractivity contribution in [2.75, 3.05) is 0 Å². The molecule has 1 aliphatic rings. The minimum Gasteiger partial charge on any atom is -0.305 e. The van der Waals surface area contributed by atoms with Crippen LogP contribution in [0.15, 0.2) is 67.0 Å². The van der Waals surface area contributed by atoms with E-state index in [1.165, 1.54) is 15.8 Å². The highest BCUT2D eigenvalue weighted by molar-refractivity contribution is 7.18. The van der Waals surface area contributed by atoms with Crippen LogP contribution in [0.3, 0.4) is 0 Å². The molecule has 0 radical (unpaired) electrons. The lowest BCUT2D eigenvalue weighted by molar-refractivity contribution is 0.629. The highest BCUT2D eigenvalue weighted by atomic mass is 32.1. The van der Waals surface area contributed by atoms with Crippen LogP contribution < -0.4 is 5.32 Å². The Labute approximate surface area is 189 Å². The summed E-state index contributed by atoms with van der Waals surface area (Å²) < 4.78 is 1.20. The number of fused-ring (bicyclic) bond motifs is 3. The van der Waals surface area contributed by atoms with Gasteiger partial charge in [-0.25, -0.2) is 15.0 Å². The number of nitrogens with one attached hydrogen (secondary N) is 1. The van der Waals surface area contributed by atoms with Crippen LogP contribution in [0.1, 0.15) is 28.8 Å². The maximum Gasteiger partial charge on any atom is 0.159 e. The first-order valence-electron chi connectivity index (χ1n) is 10.7. The Balaban J connectivity index is 1.45. The molecule has 1 atom stereocenters. The molecule has 0 fully saturated rings. The number of pyridine rings is 1. The van der Waals surface area contributed by atoms with Crippen molar-refractivity contribution in [1.29, 1.82) is 0 Å². The van der Waals surface area contributed by atoms with Crippen molar-refractivity contribution in [3.63, 3.8) is 0 Å². The van der Waals surface area contributed by atoms with Crippen molar-refractivity contribution in [2.45, 2.75) is 26.4 Å². The summed E-state index contributed by atoms with van der Waals surface area (Å²) in [6.07, 6.45) is 6.05. The summed E-state index contributed by atoms with van der Waals surface area (Å²) >= 11 is 1.73. The largest absolute Gasteiger partial charge is 0.305 e. The van der Waals surface area contributed by atoms with E-state index in [-0.39, 0.29) is 6.04 Å². The topological polar surface area (TPSA) is 63.6 Å². The number of benzene rings is 2. The third-order valence-electron chi connectivity index (χ3n) is 5.83. The second kappa shape index (κ2) is 7.58. The van der Waals surface area contributed by atoms with Gasteiger partial charge in [-0.05, 0) is 61.4 Å². The summed E-state index contributed by atoms with van der Waals surface area (Å²) in [5.74, 6) is 0.735. The molecule has 32 heavy (non-hydrogen) atoms. The van der Waals surface area contributed by atoms with Gasteiger partial charge in [0.1, 0.15) is 0 Å². The molecule has 0 unspecified atom stereocenters. The third kappa shape index (κ3) is 3.38. The molecule has 1 N–H and O–H groups in total. The molecule has 4 heterocycles. The van der Waals surface area contributed by atoms with Crippen LogP contribution in [0.5, 0.6) is 0 Å². The van der Waals surface area contributed by atoms with Crippen molar-refractivity contribution in [2.24, 2.45) is 0 Å². The lowest BCUT2D eigenvalue weighted by Crippen LogP contribution is -2.22. The smallest absolute Gasteiger partial charge is 0.159 e. The minimum atomic E-state index is 0.230. The minimum absolute atomic E-state index is 0.230. The first-order chi connectivity index (χ1) is 15.6. The van der Waals surface area contributed by atoms with Crippen molar-refractivity contribution in [3.8, 4) is 11.4 Å². The second-order valence-corrected chi connectivity index (χ2v) is 9.36. The Morgan fingerprint density at radius 3 is 2.78 bits per heavy atom. The average Bonchev–Trinajstić information content (AvgIpc) is 3.11. The van der Waals surface area contributed by atoms with Gasteiger partial charge in [-0.2, -0.15) is 0 Å². The van der Waals surface area contributed by atoms with E-state index in [1.807, 2.05) is 30.6 Å². The highest BCUT2D eigenvalue weighted by Gasteiger charge is 2.19. The molecule has 6 heteroatoms. The normalized spacial score (nSPS) is 16.1. The molecule has 1 aliphatic heterocycles. The van der Waals surface area contributed by atoms with Crippen LogP contribution in [0, 0.1) is 6.92 Å². The quantitative estimate of drug-likeness (QED) is 0.395. The van der Waals surface area contributed by atoms with E-state index in [1.54, 1.807) is 11.3 Å². The second-order valence-electron chi connectivity index (χ2n) is 8.13. The molecule has 0 aliphatic carbocycles. The first kappa shape index (κ1) is 19.2. The number of thiazole rings is 1. The van der Waals surface area contributed by atoms with Crippen LogP contribution >= 0.6 is 11.3 Å². The van der Waals surface area contributed by atoms with Crippen molar-refractivity contribution in [1.82, 2.24) is 25.3 Å². The zero-order valence-electron chi connectivity index (χ0n) is 17.8. The van der Waals surface area contributed by atoms with Gasteiger partial charge >= 0.3 is 0 Å². The maximum absolute atomic E-state index is 4.98. The maximum atomic E-state index is 4.98. The molecule has 0 saturated carbocycles. The number of nitrogens with zero attached hydrogens (tertiary/aromatic N) is 4. The SMILES string of the molecule is Cc1nc2ccc(C3=C[C@@H](C)NCc4nc(-c5ccc6ncccc6c5)ncc43)cc2s1. The number of aromatic nitrogens is 4. The summed E-state index contributed by atoms with van der Waals surface area (Å²) in [7, 11) is 0. The molecular weight excluding hydrogens is 414 g/mol. The summed E-state index contributed by atoms with van der Waals surface area (Å²) in [5.41, 5.74) is 7.45. The fourth-order valence-electron chi connectivity index (χ4n) is 4.25. The zero-order valence-corrected chi connectivity index (χ0v) is 18.6. The molecule has 0 bridgehead atoms. The molecule has 156 valence electrons. The summed E-state index contributed by atoms with van der Waals surface area (Å²) in [4.78, 5) is 18.8. The van der Waals surface area contributed by atoms with Gasteiger partial charge in [0.25, 0.3) is 0 Å². The molecule has 3 aromatic heterocycles. The van der Waals surface area contributed by atoms with Crippen LogP contribution in [-0.4, -0.2) is 26.0 Å². The number of hydrogen-bond donors (Lipinski definition) is 1. The van der Waals surface area contributed by atoms with Crippen molar-refractivity contribution >= 4 is 38.0 Å². The molecule has 5 aromatic rings. The van der Waals surface area contributed by atoms with Gasteiger partial charge in [0.2, 0.25) is 0 Å². The number of hydrogen-bond acceptors (Lipinski definition) is 6. The van der Waals surface area contributed by atoms with Crippen LogP contribution in [0.4, 0.5) is 0 Å². The lowest BCUT2D eigenvalue weighted by Gasteiger charge is -2.12. The summed E-state index contributed by atoms with van der Waals surface area (Å²) in [6.45, 7) is 4.92. The Morgan fingerprint density at radius 2 is 1.84 bits per heavy atom. The standard InChI is InChI=1S/C26H21N5S/c1-15-10-20(17-5-8-23-25(12-17)32-16(2)30-23)21-13-29-26(31-24(21)14-28-15)19-6-7-22-18(11-19)4-3-9-27-22/h3-13,15,28H,14H2,1-2H3/t15-/m1/s1. The molecule has 0 spiro atoms. The molecule has 5 nitrogen and oxygen atoms in total. The fourth-order valence-corrected chi connectivity index (χ4v) is 5.11. The van der Waals surface area contributed by atoms with Gasteiger partial charge in [0, 0.05) is 41.5 Å². The summed E-state index contributed by atoms with van der Waals surface area (Å²) in [6, 6.07) is 16.9. The highest BCUT2D eigenvalue weighted by Crippen LogP contribution is 2.32. The Bertz CT molecular complexity index is 1520. The molecule has 2 aromatic carbocycles. The third-order valence-corrected chi connectivity index (χ3v) is 6.77. The fraction of sp³-hybridized carbons (Fsp3) is 0.154. The van der Waals surface area contributed by atoms with E-state index in [2.05, 4.69) is 65.5 Å². The van der Waals surface area contributed by atoms with Gasteiger partial charge in [-0.3, -0.25) is 4.98 Å². The monoisotopic (exact) mass is 435 g/mol. The Hall–Kier alpha value is -3.48. The van der Waals surface area contributed by atoms with Gasteiger partial charge < -0.3 is 5.32 Å². The molecular formula is C26H21N5S. The Kier molecular flexibility index (Phi) is 4.56. The van der Waals surface area contributed by atoms with Gasteiger partial charge in [0.15, 0.2) is 5.82 Å². The average molecular weight is 436 g/mol. The Morgan fingerprint density at radius 1 is 0.969 bits per heavy atom. The van der Waals surface area contributed by atoms with Gasteiger partial charge in [0.05, 0.1) is 26.4 Å². The van der Waals surface area contributed by atoms with Gasteiger partial charge in [-0.15, -0.1) is 11.3 Å². The van der Waals surface area contributed by atoms with E-state index >= 15 is 0 Å². The summed E-state index contributed by atoms with van der Waals surface area (Å²) in [5, 5.41) is 5.73. The van der Waals surface area contributed by atoms with E-state index in [0.29, 0.717) is 6.54 Å². The van der Waals surface area contributed by atoms with E-state index in [0.717, 1.165) is 44.1 Å². The van der Waals surface area contributed by atoms with Crippen LogP contribution in [0.2, 0.25) is 0 Å². The first-order valence-corrected chi connectivity index (χ1v) is 11.5. The number of aryl methyl sites for hydroxylation is 1.